The number of aliphatic hydroxyl groups is 1. The van der Waals surface area contributed by atoms with Crippen molar-refractivity contribution in [1.82, 2.24) is 4.98 Å². The minimum atomic E-state index is -0.0609. The van der Waals surface area contributed by atoms with E-state index in [2.05, 4.69) is 4.98 Å². The minimum absolute atomic E-state index is 0.0219. The summed E-state index contributed by atoms with van der Waals surface area (Å²) in [4.78, 5) is 14.1. The van der Waals surface area contributed by atoms with E-state index < -0.39 is 0 Å². The number of aromatic nitrogens is 1. The van der Waals surface area contributed by atoms with Gasteiger partial charge in [0.25, 0.3) is 5.56 Å². The van der Waals surface area contributed by atoms with E-state index in [-0.39, 0.29) is 12.2 Å². The van der Waals surface area contributed by atoms with E-state index in [1.807, 2.05) is 18.2 Å². The Morgan fingerprint density at radius 2 is 2.14 bits per heavy atom. The predicted molar refractivity (Wildman–Crippen MR) is 55.2 cm³/mol. The zero-order valence-electron chi connectivity index (χ0n) is 7.87. The number of hydrogen-bond acceptors (Lipinski definition) is 2. The van der Waals surface area contributed by atoms with E-state index >= 15 is 0 Å². The molecule has 0 saturated carbocycles. The van der Waals surface area contributed by atoms with Gasteiger partial charge in [0.2, 0.25) is 0 Å². The predicted octanol–water partition coefficient (Wildman–Crippen LogP) is 1.33. The second-order valence-corrected chi connectivity index (χ2v) is 3.36. The number of aliphatic hydroxyl groups excluding tert-OH is 1. The molecule has 0 aliphatic carbocycles. The van der Waals surface area contributed by atoms with Gasteiger partial charge >= 0.3 is 0 Å². The van der Waals surface area contributed by atoms with Crippen LogP contribution < -0.4 is 5.56 Å². The highest BCUT2D eigenvalue weighted by Crippen LogP contribution is 2.13. The second kappa shape index (κ2) is 3.27. The zero-order chi connectivity index (χ0) is 10.1. The van der Waals surface area contributed by atoms with Crippen molar-refractivity contribution in [3.63, 3.8) is 0 Å². The summed E-state index contributed by atoms with van der Waals surface area (Å²) in [7, 11) is 0. The van der Waals surface area contributed by atoms with E-state index in [1.54, 1.807) is 13.0 Å². The van der Waals surface area contributed by atoms with Gasteiger partial charge in [-0.2, -0.15) is 0 Å². The summed E-state index contributed by atoms with van der Waals surface area (Å²) < 4.78 is 0. The fraction of sp³-hybridized carbons (Fsp3) is 0.182. The third kappa shape index (κ3) is 1.42. The maximum atomic E-state index is 11.3. The summed E-state index contributed by atoms with van der Waals surface area (Å²) in [5.74, 6) is 0. The zero-order valence-corrected chi connectivity index (χ0v) is 7.87. The molecule has 72 valence electrons. The normalized spacial score (nSPS) is 10.7. The molecule has 0 saturated heterocycles. The highest BCUT2D eigenvalue weighted by molar-refractivity contribution is 5.79. The van der Waals surface area contributed by atoms with Crippen LogP contribution in [0, 0.1) is 6.92 Å². The van der Waals surface area contributed by atoms with Gasteiger partial charge in [0, 0.05) is 11.1 Å². The number of aryl methyl sites for hydroxylation is 1. The molecule has 0 fully saturated rings. The van der Waals surface area contributed by atoms with Gasteiger partial charge in [-0.3, -0.25) is 4.79 Å². The summed E-state index contributed by atoms with van der Waals surface area (Å²) >= 11 is 0. The molecule has 0 unspecified atom stereocenters. The first kappa shape index (κ1) is 8.97. The fourth-order valence-electron chi connectivity index (χ4n) is 1.46. The van der Waals surface area contributed by atoms with Crippen molar-refractivity contribution in [2.24, 2.45) is 0 Å². The van der Waals surface area contributed by atoms with E-state index in [0.29, 0.717) is 5.56 Å². The van der Waals surface area contributed by atoms with Crippen LogP contribution in [0.1, 0.15) is 11.1 Å². The van der Waals surface area contributed by atoms with Crippen LogP contribution in [0.3, 0.4) is 0 Å². The van der Waals surface area contributed by atoms with E-state index in [1.165, 1.54) is 0 Å². The van der Waals surface area contributed by atoms with Crippen LogP contribution in [0.2, 0.25) is 0 Å². The lowest BCUT2D eigenvalue weighted by Crippen LogP contribution is -2.08. The van der Waals surface area contributed by atoms with Crippen LogP contribution in [0.25, 0.3) is 10.9 Å². The molecule has 0 amide bonds. The Labute approximate surface area is 81.0 Å². The highest BCUT2D eigenvalue weighted by atomic mass is 16.3. The number of nitrogens with one attached hydrogen (secondary N) is 1. The van der Waals surface area contributed by atoms with Gasteiger partial charge in [0.05, 0.1) is 6.61 Å². The number of benzene rings is 1. The third-order valence-corrected chi connectivity index (χ3v) is 2.28. The van der Waals surface area contributed by atoms with E-state index in [0.717, 1.165) is 16.5 Å². The van der Waals surface area contributed by atoms with Crippen molar-refractivity contribution >= 4 is 10.9 Å². The molecule has 0 aliphatic rings. The Bertz CT molecular complexity index is 528. The molecule has 3 heteroatoms. The molecule has 2 rings (SSSR count). The van der Waals surface area contributed by atoms with Gasteiger partial charge in [-0.15, -0.1) is 0 Å². The lowest BCUT2D eigenvalue weighted by molar-refractivity contribution is 0.282. The first-order valence-electron chi connectivity index (χ1n) is 4.44. The quantitative estimate of drug-likeness (QED) is 0.711. The van der Waals surface area contributed by atoms with Crippen molar-refractivity contribution in [2.75, 3.05) is 0 Å². The minimum Gasteiger partial charge on any atom is -0.392 e. The van der Waals surface area contributed by atoms with E-state index in [9.17, 15) is 4.79 Å². The Kier molecular flexibility index (Phi) is 2.09. The van der Waals surface area contributed by atoms with Gasteiger partial charge in [-0.05, 0) is 36.1 Å². The summed E-state index contributed by atoms with van der Waals surface area (Å²) in [5, 5.41) is 9.90. The Morgan fingerprint density at radius 1 is 1.36 bits per heavy atom. The van der Waals surface area contributed by atoms with Crippen LogP contribution in [-0.4, -0.2) is 10.1 Å². The van der Waals surface area contributed by atoms with Crippen LogP contribution in [0.5, 0.6) is 0 Å². The molecule has 0 aliphatic heterocycles. The maximum Gasteiger partial charge on any atom is 0.251 e. The van der Waals surface area contributed by atoms with Gasteiger partial charge in [-0.25, -0.2) is 0 Å². The SMILES string of the molecule is Cc1cc2cc(CO)ccc2[nH]c1=O. The van der Waals surface area contributed by atoms with Crippen molar-refractivity contribution in [2.45, 2.75) is 13.5 Å². The molecule has 0 radical (unpaired) electrons. The number of rotatable bonds is 1. The van der Waals surface area contributed by atoms with Gasteiger partial charge < -0.3 is 10.1 Å². The molecule has 1 aromatic heterocycles. The molecule has 3 nitrogen and oxygen atoms in total. The smallest absolute Gasteiger partial charge is 0.251 e. The molecular formula is C11H11NO2. The summed E-state index contributed by atoms with van der Waals surface area (Å²) in [5.41, 5.74) is 2.28. The molecule has 1 aromatic carbocycles. The van der Waals surface area contributed by atoms with Crippen LogP contribution in [0.4, 0.5) is 0 Å². The lowest BCUT2D eigenvalue weighted by Gasteiger charge is -2.01. The largest absolute Gasteiger partial charge is 0.392 e. The van der Waals surface area contributed by atoms with Gasteiger partial charge in [0.1, 0.15) is 0 Å². The second-order valence-electron chi connectivity index (χ2n) is 3.36. The van der Waals surface area contributed by atoms with Crippen LogP contribution in [0.15, 0.2) is 29.1 Å². The lowest BCUT2D eigenvalue weighted by atomic mass is 10.1. The first-order valence-corrected chi connectivity index (χ1v) is 4.44. The van der Waals surface area contributed by atoms with Crippen molar-refractivity contribution in [3.8, 4) is 0 Å². The van der Waals surface area contributed by atoms with Crippen molar-refractivity contribution in [1.29, 1.82) is 0 Å². The number of H-pyrrole nitrogens is 1. The molecule has 0 atom stereocenters. The Balaban J connectivity index is 2.77. The van der Waals surface area contributed by atoms with Crippen LogP contribution >= 0.6 is 0 Å². The molecule has 0 bridgehead atoms. The number of fused-ring (bicyclic) bond motifs is 1. The topological polar surface area (TPSA) is 53.1 Å². The average Bonchev–Trinajstić information content (AvgIpc) is 2.19. The highest BCUT2D eigenvalue weighted by Gasteiger charge is 1.99. The van der Waals surface area contributed by atoms with Crippen molar-refractivity contribution in [3.05, 3.63) is 45.7 Å². The summed E-state index contributed by atoms with van der Waals surface area (Å²) in [6.45, 7) is 1.79. The number of aromatic amines is 1. The maximum absolute atomic E-state index is 11.3. The molecule has 2 aromatic rings. The standard InChI is InChI=1S/C11H11NO2/c1-7-4-9-5-8(6-13)2-3-10(9)12-11(7)14/h2-5,13H,6H2,1H3,(H,12,14). The molecular weight excluding hydrogens is 178 g/mol. The average molecular weight is 189 g/mol. The first-order chi connectivity index (χ1) is 6.70. The summed E-state index contributed by atoms with van der Waals surface area (Å²) in [6, 6.07) is 7.31. The molecule has 2 N–H and O–H groups in total. The Hall–Kier alpha value is -1.61. The Morgan fingerprint density at radius 3 is 2.86 bits per heavy atom. The van der Waals surface area contributed by atoms with Gasteiger partial charge in [0.15, 0.2) is 0 Å². The van der Waals surface area contributed by atoms with Crippen molar-refractivity contribution < 1.29 is 5.11 Å². The van der Waals surface area contributed by atoms with E-state index in [4.69, 9.17) is 5.11 Å². The third-order valence-electron chi connectivity index (χ3n) is 2.28. The molecule has 0 spiro atoms. The number of hydrogen-bond donors (Lipinski definition) is 2. The molecule has 14 heavy (non-hydrogen) atoms. The van der Waals surface area contributed by atoms with Crippen LogP contribution in [-0.2, 0) is 6.61 Å². The van der Waals surface area contributed by atoms with Gasteiger partial charge in [-0.1, -0.05) is 6.07 Å². The molecule has 1 heterocycles. The number of pyridine rings is 1. The fourth-order valence-corrected chi connectivity index (χ4v) is 1.46. The summed E-state index contributed by atoms with van der Waals surface area (Å²) in [6.07, 6.45) is 0. The monoisotopic (exact) mass is 189 g/mol.